The Bertz CT molecular complexity index is 866. The standard InChI is InChI=1S/C23H28N2O4/c1-29-22-8-3-2-6-17(22)12-15-25(23(27)28)14-5-4-7-21(26)19-9-10-20-18(16-19)11-13-24-20/h2-3,6,8-10,16,24H,4-5,7,11-15H2,1H3,(H,27,28). The third-order valence-electron chi connectivity index (χ3n) is 5.33. The number of hydrogen-bond donors (Lipinski definition) is 2. The molecule has 0 fully saturated rings. The highest BCUT2D eigenvalue weighted by molar-refractivity contribution is 5.96. The number of anilines is 1. The van der Waals surface area contributed by atoms with Gasteiger partial charge in [-0.2, -0.15) is 0 Å². The molecule has 0 saturated heterocycles. The van der Waals surface area contributed by atoms with E-state index in [0.717, 1.165) is 35.5 Å². The Morgan fingerprint density at radius 3 is 2.76 bits per heavy atom. The first kappa shape index (κ1) is 20.7. The van der Waals surface area contributed by atoms with Crippen LogP contribution >= 0.6 is 0 Å². The number of ether oxygens (including phenoxy) is 1. The Kier molecular flexibility index (Phi) is 7.11. The normalized spacial score (nSPS) is 12.2. The fourth-order valence-corrected chi connectivity index (χ4v) is 3.68. The van der Waals surface area contributed by atoms with Crippen LogP contribution in [0.25, 0.3) is 0 Å². The van der Waals surface area contributed by atoms with Gasteiger partial charge >= 0.3 is 6.09 Å². The Balaban J connectivity index is 1.44. The predicted octanol–water partition coefficient (Wildman–Crippen LogP) is 4.24. The van der Waals surface area contributed by atoms with Crippen molar-refractivity contribution < 1.29 is 19.4 Å². The maximum Gasteiger partial charge on any atom is 0.407 e. The van der Waals surface area contributed by atoms with E-state index in [2.05, 4.69) is 5.32 Å². The first-order chi connectivity index (χ1) is 14.1. The molecule has 0 aliphatic carbocycles. The predicted molar refractivity (Wildman–Crippen MR) is 113 cm³/mol. The molecule has 2 aromatic rings. The molecule has 29 heavy (non-hydrogen) atoms. The maximum absolute atomic E-state index is 12.4. The minimum atomic E-state index is -0.933. The molecule has 1 aliphatic rings. The minimum absolute atomic E-state index is 0.121. The highest BCUT2D eigenvalue weighted by atomic mass is 16.5. The lowest BCUT2D eigenvalue weighted by molar-refractivity contribution is 0.0978. The van der Waals surface area contributed by atoms with E-state index in [9.17, 15) is 14.7 Å². The second-order valence-electron chi connectivity index (χ2n) is 7.26. The van der Waals surface area contributed by atoms with Gasteiger partial charge in [0.2, 0.25) is 0 Å². The molecule has 0 radical (unpaired) electrons. The minimum Gasteiger partial charge on any atom is -0.496 e. The van der Waals surface area contributed by atoms with Crippen molar-refractivity contribution in [1.82, 2.24) is 4.90 Å². The molecular weight excluding hydrogens is 368 g/mol. The molecule has 0 saturated carbocycles. The third kappa shape index (κ3) is 5.50. The van der Waals surface area contributed by atoms with E-state index in [1.807, 2.05) is 42.5 Å². The average Bonchev–Trinajstić information content (AvgIpc) is 3.20. The van der Waals surface area contributed by atoms with Crippen molar-refractivity contribution in [2.45, 2.75) is 32.1 Å². The van der Waals surface area contributed by atoms with Crippen LogP contribution in [0.3, 0.4) is 0 Å². The number of amides is 1. The lowest BCUT2D eigenvalue weighted by atomic mass is 10.0. The molecule has 6 nitrogen and oxygen atoms in total. The molecule has 3 rings (SSSR count). The molecule has 0 atom stereocenters. The van der Waals surface area contributed by atoms with E-state index in [-0.39, 0.29) is 5.78 Å². The van der Waals surface area contributed by atoms with Crippen LogP contribution in [0.4, 0.5) is 10.5 Å². The van der Waals surface area contributed by atoms with Crippen LogP contribution in [0.15, 0.2) is 42.5 Å². The lowest BCUT2D eigenvalue weighted by Gasteiger charge is -2.19. The summed E-state index contributed by atoms with van der Waals surface area (Å²) in [6, 6.07) is 13.5. The molecule has 154 valence electrons. The molecule has 2 aromatic carbocycles. The molecule has 0 aromatic heterocycles. The van der Waals surface area contributed by atoms with E-state index in [0.29, 0.717) is 38.8 Å². The van der Waals surface area contributed by atoms with Gasteiger partial charge in [-0.05, 0) is 61.1 Å². The number of Topliss-reactive ketones (excluding diaryl/α,β-unsaturated/α-hetero) is 1. The first-order valence-corrected chi connectivity index (χ1v) is 10.1. The van der Waals surface area contributed by atoms with Crippen LogP contribution in [0.2, 0.25) is 0 Å². The van der Waals surface area contributed by atoms with Gasteiger partial charge in [0.15, 0.2) is 5.78 Å². The summed E-state index contributed by atoms with van der Waals surface area (Å²) in [7, 11) is 1.61. The summed E-state index contributed by atoms with van der Waals surface area (Å²) in [5.74, 6) is 0.892. The van der Waals surface area contributed by atoms with Crippen LogP contribution in [-0.4, -0.2) is 48.6 Å². The molecule has 0 unspecified atom stereocenters. The van der Waals surface area contributed by atoms with E-state index < -0.39 is 6.09 Å². The van der Waals surface area contributed by atoms with Crippen LogP contribution in [0, 0.1) is 0 Å². The quantitative estimate of drug-likeness (QED) is 0.464. The van der Waals surface area contributed by atoms with Gasteiger partial charge in [0.05, 0.1) is 7.11 Å². The Morgan fingerprint density at radius 1 is 1.14 bits per heavy atom. The van der Waals surface area contributed by atoms with Crippen molar-refractivity contribution in [3.63, 3.8) is 0 Å². The number of nitrogens with one attached hydrogen (secondary N) is 1. The topological polar surface area (TPSA) is 78.9 Å². The van der Waals surface area contributed by atoms with Crippen LogP contribution < -0.4 is 10.1 Å². The zero-order chi connectivity index (χ0) is 20.6. The van der Waals surface area contributed by atoms with Crippen molar-refractivity contribution in [2.24, 2.45) is 0 Å². The van der Waals surface area contributed by atoms with Gasteiger partial charge in [0.25, 0.3) is 0 Å². The number of para-hydroxylation sites is 1. The number of hydrogen-bond acceptors (Lipinski definition) is 4. The lowest BCUT2D eigenvalue weighted by Crippen LogP contribution is -2.32. The molecular formula is C23H28N2O4. The summed E-state index contributed by atoms with van der Waals surface area (Å²) in [5.41, 5.74) is 4.05. The smallest absolute Gasteiger partial charge is 0.407 e. The highest BCUT2D eigenvalue weighted by Crippen LogP contribution is 2.24. The number of fused-ring (bicyclic) bond motifs is 1. The number of nitrogens with zero attached hydrogens (tertiary/aromatic N) is 1. The number of benzene rings is 2. The van der Waals surface area contributed by atoms with Gasteiger partial charge in [-0.3, -0.25) is 4.79 Å². The van der Waals surface area contributed by atoms with Crippen LogP contribution in [-0.2, 0) is 12.8 Å². The fourth-order valence-electron chi connectivity index (χ4n) is 3.68. The van der Waals surface area contributed by atoms with Crippen LogP contribution in [0.1, 0.15) is 40.7 Å². The number of unbranched alkanes of at least 4 members (excludes halogenated alkanes) is 1. The van der Waals surface area contributed by atoms with Gasteiger partial charge in [0.1, 0.15) is 5.75 Å². The van der Waals surface area contributed by atoms with E-state index in [1.165, 1.54) is 10.5 Å². The molecule has 1 aliphatic heterocycles. The Morgan fingerprint density at radius 2 is 1.97 bits per heavy atom. The number of ketones is 1. The van der Waals surface area contributed by atoms with Crippen molar-refractivity contribution in [3.05, 3.63) is 59.2 Å². The van der Waals surface area contributed by atoms with Gasteiger partial charge < -0.3 is 20.1 Å². The Hall–Kier alpha value is -3.02. The van der Waals surface area contributed by atoms with E-state index in [1.54, 1.807) is 7.11 Å². The first-order valence-electron chi connectivity index (χ1n) is 10.1. The summed E-state index contributed by atoms with van der Waals surface area (Å²) in [4.78, 5) is 25.4. The second kappa shape index (κ2) is 9.96. The summed E-state index contributed by atoms with van der Waals surface area (Å²) in [6.07, 6.45) is 2.39. The van der Waals surface area contributed by atoms with E-state index in [4.69, 9.17) is 4.74 Å². The third-order valence-corrected chi connectivity index (χ3v) is 5.33. The summed E-state index contributed by atoms with van der Waals surface area (Å²) >= 11 is 0. The number of carbonyl (C=O) groups is 2. The van der Waals surface area contributed by atoms with Crippen molar-refractivity contribution >= 4 is 17.6 Å². The van der Waals surface area contributed by atoms with Gasteiger partial charge in [-0.15, -0.1) is 0 Å². The summed E-state index contributed by atoms with van der Waals surface area (Å²) < 4.78 is 5.33. The highest BCUT2D eigenvalue weighted by Gasteiger charge is 2.15. The molecule has 0 bridgehead atoms. The molecule has 0 spiro atoms. The largest absolute Gasteiger partial charge is 0.496 e. The van der Waals surface area contributed by atoms with Crippen molar-refractivity contribution in [2.75, 3.05) is 32.1 Å². The second-order valence-corrected chi connectivity index (χ2v) is 7.26. The van der Waals surface area contributed by atoms with Crippen molar-refractivity contribution in [1.29, 1.82) is 0 Å². The van der Waals surface area contributed by atoms with Crippen LogP contribution in [0.5, 0.6) is 5.75 Å². The summed E-state index contributed by atoms with van der Waals surface area (Å²) in [5, 5.41) is 12.8. The summed E-state index contributed by atoms with van der Waals surface area (Å²) in [6.45, 7) is 1.75. The van der Waals surface area contributed by atoms with Gasteiger partial charge in [-0.1, -0.05) is 18.2 Å². The maximum atomic E-state index is 12.4. The SMILES string of the molecule is COc1ccccc1CCN(CCCCC(=O)c1ccc2c(c1)CCN2)C(=O)O. The van der Waals surface area contributed by atoms with Crippen molar-refractivity contribution in [3.8, 4) is 5.75 Å². The fraction of sp³-hybridized carbons (Fsp3) is 0.391. The number of rotatable bonds is 10. The zero-order valence-corrected chi connectivity index (χ0v) is 16.8. The zero-order valence-electron chi connectivity index (χ0n) is 16.8. The molecule has 2 N–H and O–H groups in total. The molecule has 6 heteroatoms. The van der Waals surface area contributed by atoms with Gasteiger partial charge in [-0.25, -0.2) is 4.79 Å². The van der Waals surface area contributed by atoms with E-state index >= 15 is 0 Å². The molecule has 1 heterocycles. The molecule has 1 amide bonds. The van der Waals surface area contributed by atoms with Gasteiger partial charge in [0, 0.05) is 37.3 Å². The monoisotopic (exact) mass is 396 g/mol. The Labute approximate surface area is 171 Å². The number of carboxylic acid groups (broad SMARTS) is 1. The average molecular weight is 396 g/mol. The number of methoxy groups -OCH3 is 1. The number of carbonyl (C=O) groups excluding carboxylic acids is 1.